The van der Waals surface area contributed by atoms with E-state index in [1.165, 1.54) is 177 Å². The van der Waals surface area contributed by atoms with E-state index in [4.69, 9.17) is 9.47 Å². The topological polar surface area (TPSA) is 173 Å². The Morgan fingerprint density at radius 2 is 0.800 bits per heavy atom. The van der Waals surface area contributed by atoms with Gasteiger partial charge in [0.25, 0.3) is 10.1 Å². The predicted octanol–water partition coefficient (Wildman–Crippen LogP) is 14.0. The van der Waals surface area contributed by atoms with Gasteiger partial charge >= 0.3 is 37.7 Å². The molecule has 0 bridgehead atoms. The van der Waals surface area contributed by atoms with Gasteiger partial charge in [-0.25, -0.2) is 8.42 Å². The van der Waals surface area contributed by atoms with Crippen LogP contribution in [0.5, 0.6) is 34.5 Å². The second-order valence-corrected chi connectivity index (χ2v) is 19.7. The van der Waals surface area contributed by atoms with Crippen LogP contribution in [0.4, 0.5) is 0 Å². The van der Waals surface area contributed by atoms with E-state index >= 15 is 0 Å². The number of hydrogen-bond donors (Lipinski definition) is 2. The summed E-state index contributed by atoms with van der Waals surface area (Å²) < 4.78 is 77.6. The summed E-state index contributed by atoms with van der Waals surface area (Å²) in [7, 11) is -9.29. The number of aromatic hydroxyl groups is 1. The van der Waals surface area contributed by atoms with Gasteiger partial charge in [0.15, 0.2) is 0 Å². The van der Waals surface area contributed by atoms with Gasteiger partial charge in [0.05, 0.1) is 4.90 Å². The van der Waals surface area contributed by atoms with E-state index in [2.05, 4.69) is 13.8 Å². The van der Waals surface area contributed by atoms with E-state index in [-0.39, 0.29) is 55.0 Å². The second-order valence-electron chi connectivity index (χ2n) is 16.9. The van der Waals surface area contributed by atoms with Crippen molar-refractivity contribution < 1.29 is 45.6 Å². The predicted molar refractivity (Wildman–Crippen MR) is 260 cm³/mol. The van der Waals surface area contributed by atoms with Crippen molar-refractivity contribution in [3.05, 3.63) is 96.1 Å². The van der Waals surface area contributed by atoms with Crippen LogP contribution < -0.4 is 14.6 Å². The largest absolute Gasteiger partial charge is 2.00 e. The first kappa shape index (κ1) is 58.3. The van der Waals surface area contributed by atoms with E-state index < -0.39 is 35.8 Å². The Morgan fingerprint density at radius 3 is 1.15 bits per heavy atom. The molecular formula is C52H74CaO10S2. The summed E-state index contributed by atoms with van der Waals surface area (Å²) in [4.78, 5) is -1.09. The minimum Gasteiger partial charge on any atom is -0.872 e. The van der Waals surface area contributed by atoms with Crippen LogP contribution in [-0.2, 0) is 33.1 Å². The van der Waals surface area contributed by atoms with E-state index in [1.807, 2.05) is 24.3 Å². The molecule has 0 aromatic heterocycles. The van der Waals surface area contributed by atoms with Crippen LogP contribution in [0, 0.1) is 0 Å². The second kappa shape index (κ2) is 33.6. The Kier molecular flexibility index (Phi) is 30.1. The number of aryl methyl sites for hydroxylation is 2. The fourth-order valence-corrected chi connectivity index (χ4v) is 8.84. The van der Waals surface area contributed by atoms with E-state index in [0.717, 1.165) is 37.8 Å². The van der Waals surface area contributed by atoms with Crippen molar-refractivity contribution >= 4 is 58.0 Å². The zero-order valence-electron chi connectivity index (χ0n) is 39.2. The standard InChI is InChI=1S/2C26H38O5S.Ca/c2*1-2-3-4-5-6-7-8-9-10-11-12-13-14-22-15-18-24(19-16-22)31-25-20-17-23(27)21-26(25)32(28,29)30;/h2*15-21,27H,2-14H2,1H3,(H,28,29,30);/q;;+2/p-2. The molecule has 0 saturated carbocycles. The molecule has 4 aromatic rings. The molecule has 0 amide bonds. The Balaban J connectivity index is 0.000000440. The molecule has 10 nitrogen and oxygen atoms in total. The van der Waals surface area contributed by atoms with E-state index in [1.54, 1.807) is 24.3 Å². The molecule has 4 aromatic carbocycles. The molecular weight excluding hydrogens is 889 g/mol. The zero-order valence-corrected chi connectivity index (χ0v) is 43.0. The summed E-state index contributed by atoms with van der Waals surface area (Å²) >= 11 is 0. The molecule has 0 radical (unpaired) electrons. The van der Waals surface area contributed by atoms with Gasteiger partial charge in [0.2, 0.25) is 0 Å². The van der Waals surface area contributed by atoms with Crippen molar-refractivity contribution in [1.29, 1.82) is 0 Å². The van der Waals surface area contributed by atoms with Crippen LogP contribution in [0.3, 0.4) is 0 Å². The van der Waals surface area contributed by atoms with Gasteiger partial charge in [-0.05, 0) is 85.3 Å². The number of hydrogen-bond acceptors (Lipinski definition) is 9. The number of phenols is 1. The molecule has 13 heteroatoms. The Hall–Kier alpha value is -2.84. The fraction of sp³-hybridized carbons (Fsp3) is 0.538. The van der Waals surface area contributed by atoms with Crippen LogP contribution in [-0.4, -0.2) is 68.8 Å². The van der Waals surface area contributed by atoms with Gasteiger partial charge in [0, 0.05) is 6.07 Å². The molecule has 0 aliphatic heterocycles. The monoisotopic (exact) mass is 962 g/mol. The molecule has 4 rings (SSSR count). The number of phenolic OH excluding ortho intramolecular Hbond substituents is 1. The summed E-state index contributed by atoms with van der Waals surface area (Å²) in [5.41, 5.74) is 2.40. The normalized spacial score (nSPS) is 11.4. The third kappa shape index (κ3) is 25.8. The van der Waals surface area contributed by atoms with Gasteiger partial charge in [-0.2, -0.15) is 8.42 Å². The minimum atomic E-state index is -4.79. The number of benzene rings is 4. The fourth-order valence-electron chi connectivity index (χ4n) is 7.59. The summed E-state index contributed by atoms with van der Waals surface area (Å²) in [5.74, 6) is -0.0781. The summed E-state index contributed by atoms with van der Waals surface area (Å²) in [6.45, 7) is 4.51. The summed E-state index contributed by atoms with van der Waals surface area (Å²) in [6, 6.07) is 21.7. The first-order chi connectivity index (χ1) is 30.8. The molecule has 2 N–H and O–H groups in total. The third-order valence-corrected chi connectivity index (χ3v) is 13.1. The minimum absolute atomic E-state index is 0. The van der Waals surface area contributed by atoms with Crippen LogP contribution in [0.1, 0.15) is 179 Å². The van der Waals surface area contributed by atoms with Gasteiger partial charge in [0.1, 0.15) is 43.8 Å². The van der Waals surface area contributed by atoms with Crippen molar-refractivity contribution in [3.63, 3.8) is 0 Å². The zero-order chi connectivity index (χ0) is 46.5. The maximum Gasteiger partial charge on any atom is 2.00 e. The van der Waals surface area contributed by atoms with Crippen molar-refractivity contribution in [1.82, 2.24) is 0 Å². The maximum atomic E-state index is 11.5. The molecule has 0 aliphatic rings. The van der Waals surface area contributed by atoms with Crippen molar-refractivity contribution in [3.8, 4) is 34.5 Å². The van der Waals surface area contributed by atoms with Gasteiger partial charge < -0.3 is 24.2 Å². The Labute approximate surface area is 421 Å². The first-order valence-corrected chi connectivity index (χ1v) is 26.8. The van der Waals surface area contributed by atoms with Crippen LogP contribution in [0.25, 0.3) is 0 Å². The average Bonchev–Trinajstić information content (AvgIpc) is 3.26. The first-order valence-electron chi connectivity index (χ1n) is 23.9. The molecule has 356 valence electrons. The SMILES string of the molecule is CCCCCCCCCCCCCCc1ccc(Oc2ccc(O)cc2S(=O)(=O)O)cc1.CCCCCCCCCCCCCCc1ccc(Oc2ccc([O-])cc2S(=O)(=O)[O-])cc1.[Ca+2]. The Bertz CT molecular complexity index is 1940. The molecule has 0 saturated heterocycles. The molecule has 65 heavy (non-hydrogen) atoms. The van der Waals surface area contributed by atoms with Crippen LogP contribution >= 0.6 is 0 Å². The maximum absolute atomic E-state index is 11.5. The number of rotatable bonds is 32. The molecule has 0 heterocycles. The van der Waals surface area contributed by atoms with E-state index in [9.17, 15) is 36.2 Å². The van der Waals surface area contributed by atoms with Gasteiger partial charge in [-0.1, -0.05) is 185 Å². The Morgan fingerprint density at radius 1 is 0.462 bits per heavy atom. The van der Waals surface area contributed by atoms with Crippen LogP contribution in [0.2, 0.25) is 0 Å². The van der Waals surface area contributed by atoms with Crippen molar-refractivity contribution in [2.24, 2.45) is 0 Å². The van der Waals surface area contributed by atoms with Crippen molar-refractivity contribution in [2.75, 3.05) is 0 Å². The van der Waals surface area contributed by atoms with Crippen molar-refractivity contribution in [2.45, 2.75) is 191 Å². The van der Waals surface area contributed by atoms with Gasteiger partial charge in [-0.3, -0.25) is 4.55 Å². The van der Waals surface area contributed by atoms with Crippen LogP contribution in [0.15, 0.2) is 94.7 Å². The quantitative estimate of drug-likeness (QED) is 0.0272. The van der Waals surface area contributed by atoms with Gasteiger partial charge in [-0.15, -0.1) is 5.75 Å². The summed E-state index contributed by atoms with van der Waals surface area (Å²) in [5, 5.41) is 20.9. The molecule has 0 unspecified atom stereocenters. The molecule has 0 aliphatic carbocycles. The average molecular weight is 963 g/mol. The molecule has 0 spiro atoms. The molecule has 0 fully saturated rings. The van der Waals surface area contributed by atoms with E-state index in [0.29, 0.717) is 11.5 Å². The summed E-state index contributed by atoms with van der Waals surface area (Å²) in [6.07, 6.45) is 33.9. The molecule has 0 atom stereocenters. The number of unbranched alkanes of at least 4 members (excludes halogenated alkanes) is 22. The third-order valence-electron chi connectivity index (χ3n) is 11.3. The number of ether oxygens (including phenoxy) is 2. The smallest absolute Gasteiger partial charge is 0.872 e.